The second-order valence-electron chi connectivity index (χ2n) is 5.47. The molecule has 126 valence electrons. The topological polar surface area (TPSA) is 101 Å². The van der Waals surface area contributed by atoms with Crippen molar-refractivity contribution in [3.63, 3.8) is 0 Å². The van der Waals surface area contributed by atoms with Crippen molar-refractivity contribution in [1.82, 2.24) is 24.8 Å². The summed E-state index contributed by atoms with van der Waals surface area (Å²) in [5.41, 5.74) is 0.312. The van der Waals surface area contributed by atoms with Crippen molar-refractivity contribution < 1.29 is 9.90 Å². The lowest BCUT2D eigenvalue weighted by molar-refractivity contribution is -0.121. The third kappa shape index (κ3) is 3.90. The number of β-amino-alcohol motifs (C(OH)–C–C–N with tert-alkyl or cyclic N) is 1. The Hall–Kier alpha value is -1.90. The van der Waals surface area contributed by atoms with Gasteiger partial charge in [0.1, 0.15) is 0 Å². The molecular formula is C14H20ClN5O3. The van der Waals surface area contributed by atoms with Crippen molar-refractivity contribution in [3.8, 4) is 0 Å². The highest BCUT2D eigenvalue weighted by molar-refractivity contribution is 5.85. The lowest BCUT2D eigenvalue weighted by Crippen LogP contribution is -2.35. The molecule has 0 spiro atoms. The first-order valence-corrected chi connectivity index (χ1v) is 7.35. The Kier molecular flexibility index (Phi) is 5.75. The fourth-order valence-corrected chi connectivity index (χ4v) is 2.58. The number of hydrogen-bond acceptors (Lipinski definition) is 5. The molecule has 3 rings (SSSR count). The SMILES string of the molecule is Cl.O=C(CCn1nc2ccccn2c1=O)NCC1CNCC1O. The molecule has 2 atom stereocenters. The van der Waals surface area contributed by atoms with E-state index in [0.29, 0.717) is 25.3 Å². The summed E-state index contributed by atoms with van der Waals surface area (Å²) < 4.78 is 2.74. The molecule has 0 aromatic carbocycles. The molecule has 1 fully saturated rings. The number of carbonyl (C=O) groups is 1. The van der Waals surface area contributed by atoms with Crippen LogP contribution in [0.15, 0.2) is 29.2 Å². The molecule has 2 unspecified atom stereocenters. The maximum absolute atomic E-state index is 12.0. The predicted molar refractivity (Wildman–Crippen MR) is 86.7 cm³/mol. The highest BCUT2D eigenvalue weighted by atomic mass is 35.5. The predicted octanol–water partition coefficient (Wildman–Crippen LogP) is -0.996. The monoisotopic (exact) mass is 341 g/mol. The molecule has 2 aromatic heterocycles. The number of fused-ring (bicyclic) bond motifs is 1. The van der Waals surface area contributed by atoms with Crippen molar-refractivity contribution in [2.24, 2.45) is 5.92 Å². The molecule has 2 aromatic rings. The number of aryl methyl sites for hydroxylation is 1. The van der Waals surface area contributed by atoms with Crippen LogP contribution >= 0.6 is 12.4 Å². The fraction of sp³-hybridized carbons (Fsp3) is 0.500. The van der Waals surface area contributed by atoms with E-state index in [4.69, 9.17) is 0 Å². The van der Waals surface area contributed by atoms with Crippen molar-refractivity contribution in [1.29, 1.82) is 0 Å². The number of carbonyl (C=O) groups excluding carboxylic acids is 1. The number of rotatable bonds is 5. The van der Waals surface area contributed by atoms with Crippen LogP contribution in [0.3, 0.4) is 0 Å². The van der Waals surface area contributed by atoms with Gasteiger partial charge in [-0.15, -0.1) is 17.5 Å². The first-order valence-electron chi connectivity index (χ1n) is 7.35. The maximum atomic E-state index is 12.0. The number of hydrogen-bond donors (Lipinski definition) is 3. The third-order valence-electron chi connectivity index (χ3n) is 3.90. The molecule has 0 saturated carbocycles. The first-order chi connectivity index (χ1) is 10.6. The van der Waals surface area contributed by atoms with Gasteiger partial charge in [-0.2, -0.15) is 0 Å². The van der Waals surface area contributed by atoms with Crippen molar-refractivity contribution >= 4 is 24.0 Å². The van der Waals surface area contributed by atoms with Crippen LogP contribution in [0.25, 0.3) is 5.65 Å². The Balaban J connectivity index is 0.00000192. The molecule has 0 bridgehead atoms. The van der Waals surface area contributed by atoms with Crippen molar-refractivity contribution in [3.05, 3.63) is 34.9 Å². The maximum Gasteiger partial charge on any atom is 0.350 e. The number of amides is 1. The molecule has 1 aliphatic heterocycles. The van der Waals surface area contributed by atoms with E-state index in [9.17, 15) is 14.7 Å². The summed E-state index contributed by atoms with van der Waals surface area (Å²) in [5, 5.41) is 19.7. The minimum atomic E-state index is -0.415. The van der Waals surface area contributed by atoms with Gasteiger partial charge in [-0.05, 0) is 12.1 Å². The normalized spacial score (nSPS) is 20.4. The Morgan fingerprint density at radius 3 is 2.96 bits per heavy atom. The summed E-state index contributed by atoms with van der Waals surface area (Å²) in [6.45, 7) is 1.94. The van der Waals surface area contributed by atoms with Crippen molar-refractivity contribution in [2.45, 2.75) is 19.1 Å². The second-order valence-corrected chi connectivity index (χ2v) is 5.47. The zero-order valence-corrected chi connectivity index (χ0v) is 13.3. The number of nitrogens with one attached hydrogen (secondary N) is 2. The molecule has 1 saturated heterocycles. The van der Waals surface area contributed by atoms with Crippen LogP contribution in [-0.4, -0.2) is 50.9 Å². The Labute approximate surface area is 138 Å². The molecule has 0 radical (unpaired) electrons. The van der Waals surface area contributed by atoms with Gasteiger partial charge >= 0.3 is 5.69 Å². The standard InChI is InChI=1S/C14H19N5O3.ClH/c20-11-9-15-7-10(11)8-16-13(21)4-6-19-14(22)18-5-2-1-3-12(18)17-19;/h1-3,5,10-11,15,20H,4,6-9H2,(H,16,21);1H. The summed E-state index contributed by atoms with van der Waals surface area (Å²) in [4.78, 5) is 23.9. The van der Waals surface area contributed by atoms with E-state index in [1.165, 1.54) is 9.08 Å². The molecule has 1 amide bonds. The quantitative estimate of drug-likeness (QED) is 0.648. The number of aromatic nitrogens is 3. The van der Waals surface area contributed by atoms with Gasteiger partial charge in [0.05, 0.1) is 12.6 Å². The van der Waals surface area contributed by atoms with Gasteiger partial charge in [0.25, 0.3) is 0 Å². The average Bonchev–Trinajstić information content (AvgIpc) is 3.07. The van der Waals surface area contributed by atoms with E-state index in [1.807, 2.05) is 0 Å². The van der Waals surface area contributed by atoms with Crippen LogP contribution in [0.5, 0.6) is 0 Å². The summed E-state index contributed by atoms with van der Waals surface area (Å²) in [6.07, 6.45) is 1.41. The lowest BCUT2D eigenvalue weighted by Gasteiger charge is -2.13. The Morgan fingerprint density at radius 1 is 1.43 bits per heavy atom. The number of aliphatic hydroxyl groups is 1. The van der Waals surface area contributed by atoms with E-state index < -0.39 is 6.10 Å². The summed E-state index contributed by atoms with van der Waals surface area (Å²) in [5.74, 6) is -0.107. The van der Waals surface area contributed by atoms with Gasteiger partial charge in [-0.25, -0.2) is 9.48 Å². The molecule has 1 aliphatic rings. The average molecular weight is 342 g/mol. The van der Waals surface area contributed by atoms with Crippen LogP contribution in [0.2, 0.25) is 0 Å². The second kappa shape index (κ2) is 7.58. The van der Waals surface area contributed by atoms with Crippen LogP contribution in [0, 0.1) is 5.92 Å². The van der Waals surface area contributed by atoms with E-state index >= 15 is 0 Å². The van der Waals surface area contributed by atoms with E-state index in [0.717, 1.165) is 0 Å². The highest BCUT2D eigenvalue weighted by Gasteiger charge is 2.24. The first kappa shape index (κ1) is 17.5. The molecule has 9 heteroatoms. The van der Waals surface area contributed by atoms with E-state index in [-0.39, 0.29) is 42.9 Å². The molecule has 3 N–H and O–H groups in total. The minimum Gasteiger partial charge on any atom is -0.391 e. The lowest BCUT2D eigenvalue weighted by atomic mass is 10.1. The van der Waals surface area contributed by atoms with Gasteiger partial charge in [-0.1, -0.05) is 6.07 Å². The number of pyridine rings is 1. The molecule has 0 aliphatic carbocycles. The summed E-state index contributed by atoms with van der Waals surface area (Å²) >= 11 is 0. The van der Waals surface area contributed by atoms with Crippen LogP contribution in [0.1, 0.15) is 6.42 Å². The Morgan fingerprint density at radius 2 is 2.26 bits per heavy atom. The highest BCUT2D eigenvalue weighted by Crippen LogP contribution is 2.07. The van der Waals surface area contributed by atoms with E-state index in [2.05, 4.69) is 15.7 Å². The number of aliphatic hydroxyl groups excluding tert-OH is 1. The summed E-state index contributed by atoms with van der Waals surface area (Å²) in [6, 6.07) is 5.31. The molecule has 8 nitrogen and oxygen atoms in total. The van der Waals surface area contributed by atoms with Gasteiger partial charge < -0.3 is 15.7 Å². The van der Waals surface area contributed by atoms with Crippen molar-refractivity contribution in [2.75, 3.05) is 19.6 Å². The van der Waals surface area contributed by atoms with Crippen LogP contribution < -0.4 is 16.3 Å². The summed E-state index contributed by atoms with van der Waals surface area (Å²) in [7, 11) is 0. The van der Waals surface area contributed by atoms with Crippen LogP contribution in [0.4, 0.5) is 0 Å². The zero-order valence-electron chi connectivity index (χ0n) is 12.5. The van der Waals surface area contributed by atoms with Crippen LogP contribution in [-0.2, 0) is 11.3 Å². The minimum absolute atomic E-state index is 0. The number of halogens is 1. The zero-order chi connectivity index (χ0) is 15.5. The van der Waals surface area contributed by atoms with Gasteiger partial charge in [0.15, 0.2) is 5.65 Å². The fourth-order valence-electron chi connectivity index (χ4n) is 2.58. The molecule has 23 heavy (non-hydrogen) atoms. The molecule has 3 heterocycles. The Bertz CT molecular complexity index is 729. The van der Waals surface area contributed by atoms with Gasteiger partial charge in [0.2, 0.25) is 5.91 Å². The molecular weight excluding hydrogens is 322 g/mol. The van der Waals surface area contributed by atoms with Gasteiger partial charge in [0, 0.05) is 38.2 Å². The number of nitrogens with zero attached hydrogens (tertiary/aromatic N) is 3. The largest absolute Gasteiger partial charge is 0.391 e. The smallest absolute Gasteiger partial charge is 0.350 e. The van der Waals surface area contributed by atoms with Gasteiger partial charge in [-0.3, -0.25) is 9.20 Å². The third-order valence-corrected chi connectivity index (χ3v) is 3.90. The van der Waals surface area contributed by atoms with E-state index in [1.54, 1.807) is 24.4 Å².